The minimum Gasteiger partial charge on any atom is -0.397 e. The van der Waals surface area contributed by atoms with Gasteiger partial charge in [0, 0.05) is 6.92 Å². The Balaban J connectivity index is 4.12. The minimum absolute atomic E-state index is 0.248. The van der Waals surface area contributed by atoms with E-state index in [0.29, 0.717) is 0 Å². The highest BCUT2D eigenvalue weighted by molar-refractivity contribution is 6.73. The zero-order chi connectivity index (χ0) is 8.31. The highest BCUT2D eigenvalue weighted by Gasteiger charge is 2.17. The van der Waals surface area contributed by atoms with Gasteiger partial charge in [0.25, 0.3) is 0 Å². The molecule has 0 atom stereocenters. The Morgan fingerprint density at radius 3 is 1.40 bits per heavy atom. The fourth-order valence-electron chi connectivity index (χ4n) is 1.08. The molecule has 0 aromatic heterocycles. The minimum atomic E-state index is -0.543. The molecule has 0 unspecified atom stereocenters. The quantitative estimate of drug-likeness (QED) is 0.577. The molecule has 0 aromatic rings. The first-order valence-electron chi connectivity index (χ1n) is 3.37. The number of rotatable bonds is 2. The van der Waals surface area contributed by atoms with Crippen LogP contribution in [-0.2, 0) is 4.79 Å². The fourth-order valence-corrected chi connectivity index (χ4v) is 5.91. The Morgan fingerprint density at radius 1 is 1.10 bits per heavy atom. The second-order valence-electron chi connectivity index (χ2n) is 2.75. The molecule has 0 fully saturated rings. The first-order chi connectivity index (χ1) is 4.46. The van der Waals surface area contributed by atoms with E-state index < -0.39 is 17.9 Å². The van der Waals surface area contributed by atoms with Gasteiger partial charge in [-0.3, -0.25) is 4.79 Å². The molecular weight excluding hydrogens is 158 g/mol. The average Bonchev–Trinajstić information content (AvgIpc) is 1.59. The molecule has 0 N–H and O–H groups in total. The van der Waals surface area contributed by atoms with Crippen molar-refractivity contribution in [1.29, 1.82) is 0 Å². The smallest absolute Gasteiger partial charge is 0.203 e. The molecule has 0 rings (SSSR count). The number of carbonyl (C=O) groups is 1. The summed E-state index contributed by atoms with van der Waals surface area (Å²) in [5, 5.41) is 0. The number of nitrogens with zero attached hydrogens (tertiary/aromatic N) is 1. The zero-order valence-electron chi connectivity index (χ0n) is 7.36. The van der Waals surface area contributed by atoms with Crippen molar-refractivity contribution in [2.75, 3.05) is 0 Å². The SMILES string of the molecule is CC(=O)N([Si](C)C)[Si](C)C. The number of hydrogen-bond donors (Lipinski definition) is 0. The maximum atomic E-state index is 11.0. The molecule has 0 aliphatic rings. The lowest BCUT2D eigenvalue weighted by Crippen LogP contribution is -2.46. The molecule has 2 radical (unpaired) electrons. The topological polar surface area (TPSA) is 20.3 Å². The van der Waals surface area contributed by atoms with E-state index >= 15 is 0 Å². The van der Waals surface area contributed by atoms with Crippen LogP contribution in [0, 0.1) is 0 Å². The summed E-state index contributed by atoms with van der Waals surface area (Å²) >= 11 is 0. The second kappa shape index (κ2) is 3.93. The molecule has 0 aliphatic heterocycles. The highest BCUT2D eigenvalue weighted by Crippen LogP contribution is 1.99. The number of hydrogen-bond acceptors (Lipinski definition) is 1. The van der Waals surface area contributed by atoms with E-state index in [9.17, 15) is 4.79 Å². The third-order valence-corrected chi connectivity index (χ3v) is 6.31. The van der Waals surface area contributed by atoms with Gasteiger partial charge in [-0.1, -0.05) is 26.2 Å². The van der Waals surface area contributed by atoms with E-state index in [-0.39, 0.29) is 5.91 Å². The first kappa shape index (κ1) is 9.90. The van der Waals surface area contributed by atoms with Gasteiger partial charge in [0.05, 0.1) is 0 Å². The van der Waals surface area contributed by atoms with E-state index in [1.807, 2.05) is 0 Å². The number of carbonyl (C=O) groups excluding carboxylic acids is 1. The summed E-state index contributed by atoms with van der Waals surface area (Å²) in [6.45, 7) is 10.3. The van der Waals surface area contributed by atoms with Crippen LogP contribution in [0.25, 0.3) is 0 Å². The molecule has 4 heteroatoms. The summed E-state index contributed by atoms with van der Waals surface area (Å²) < 4.78 is 2.06. The highest BCUT2D eigenvalue weighted by atomic mass is 28.3. The summed E-state index contributed by atoms with van der Waals surface area (Å²) in [4.78, 5) is 11.0. The summed E-state index contributed by atoms with van der Waals surface area (Å²) in [5.41, 5.74) is 0. The molecule has 0 bridgehead atoms. The van der Waals surface area contributed by atoms with Crippen molar-refractivity contribution < 1.29 is 4.79 Å². The van der Waals surface area contributed by atoms with Crippen LogP contribution < -0.4 is 0 Å². The van der Waals surface area contributed by atoms with Gasteiger partial charge in [-0.2, -0.15) is 0 Å². The van der Waals surface area contributed by atoms with Gasteiger partial charge >= 0.3 is 0 Å². The van der Waals surface area contributed by atoms with Crippen molar-refractivity contribution in [2.24, 2.45) is 0 Å². The van der Waals surface area contributed by atoms with Gasteiger partial charge in [-0.25, -0.2) is 0 Å². The summed E-state index contributed by atoms with van der Waals surface area (Å²) in [6, 6.07) is 0. The molecule has 10 heavy (non-hydrogen) atoms. The lowest BCUT2D eigenvalue weighted by atomic mass is 10.8. The van der Waals surface area contributed by atoms with Crippen molar-refractivity contribution >= 4 is 23.8 Å². The van der Waals surface area contributed by atoms with E-state index in [4.69, 9.17) is 0 Å². The Labute approximate surface area is 66.6 Å². The maximum absolute atomic E-state index is 11.0. The zero-order valence-corrected chi connectivity index (χ0v) is 9.36. The molecule has 0 saturated heterocycles. The Kier molecular flexibility index (Phi) is 3.89. The lowest BCUT2D eigenvalue weighted by molar-refractivity contribution is -0.121. The molecule has 0 aliphatic carbocycles. The Morgan fingerprint density at radius 2 is 1.40 bits per heavy atom. The van der Waals surface area contributed by atoms with Crippen LogP contribution in [-0.4, -0.2) is 28.1 Å². The van der Waals surface area contributed by atoms with Crippen LogP contribution in [0.2, 0.25) is 26.2 Å². The van der Waals surface area contributed by atoms with Gasteiger partial charge in [0.2, 0.25) is 5.91 Å². The molecular formula is C6H15NOSi2. The molecule has 0 heterocycles. The van der Waals surface area contributed by atoms with Crippen LogP contribution in [0.15, 0.2) is 0 Å². The summed E-state index contributed by atoms with van der Waals surface area (Å²) in [5.74, 6) is 0.248. The first-order valence-corrected chi connectivity index (χ1v) is 8.27. The van der Waals surface area contributed by atoms with Crippen LogP contribution in [0.5, 0.6) is 0 Å². The van der Waals surface area contributed by atoms with Gasteiger partial charge in [-0.15, -0.1) is 0 Å². The van der Waals surface area contributed by atoms with E-state index in [0.717, 1.165) is 0 Å². The van der Waals surface area contributed by atoms with Gasteiger partial charge in [0.1, 0.15) is 0 Å². The van der Waals surface area contributed by atoms with Gasteiger partial charge in [0.15, 0.2) is 17.9 Å². The molecule has 58 valence electrons. The predicted octanol–water partition coefficient (Wildman–Crippen LogP) is 1.34. The Bertz CT molecular complexity index is 117. The number of amides is 1. The van der Waals surface area contributed by atoms with Crippen molar-refractivity contribution in [2.45, 2.75) is 33.1 Å². The van der Waals surface area contributed by atoms with Gasteiger partial charge in [-0.05, 0) is 0 Å². The molecule has 0 aromatic carbocycles. The average molecular weight is 173 g/mol. The molecule has 1 amide bonds. The fraction of sp³-hybridized carbons (Fsp3) is 0.833. The molecule has 0 saturated carbocycles. The maximum Gasteiger partial charge on any atom is 0.203 e. The van der Waals surface area contributed by atoms with E-state index in [2.05, 4.69) is 30.4 Å². The lowest BCUT2D eigenvalue weighted by Gasteiger charge is -2.27. The van der Waals surface area contributed by atoms with Crippen LogP contribution in [0.3, 0.4) is 0 Å². The standard InChI is InChI=1S/C6H15NOSi2/c1-6(8)7(9(2)3)10(4)5/h1-5H3. The van der Waals surface area contributed by atoms with Gasteiger partial charge < -0.3 is 4.23 Å². The monoisotopic (exact) mass is 173 g/mol. The third-order valence-electron chi connectivity index (χ3n) is 1.21. The molecule has 0 spiro atoms. The largest absolute Gasteiger partial charge is 0.397 e. The van der Waals surface area contributed by atoms with Crippen LogP contribution >= 0.6 is 0 Å². The predicted molar refractivity (Wildman–Crippen MR) is 47.5 cm³/mol. The molecule has 2 nitrogen and oxygen atoms in total. The summed E-state index contributed by atoms with van der Waals surface area (Å²) in [7, 11) is -1.09. The second-order valence-corrected chi connectivity index (χ2v) is 7.88. The van der Waals surface area contributed by atoms with Crippen molar-refractivity contribution in [3.05, 3.63) is 0 Å². The van der Waals surface area contributed by atoms with Crippen molar-refractivity contribution in [3.63, 3.8) is 0 Å². The third kappa shape index (κ3) is 2.66. The van der Waals surface area contributed by atoms with Crippen LogP contribution in [0.1, 0.15) is 6.92 Å². The van der Waals surface area contributed by atoms with E-state index in [1.165, 1.54) is 0 Å². The Hall–Kier alpha value is -0.0962. The van der Waals surface area contributed by atoms with Crippen LogP contribution in [0.4, 0.5) is 0 Å². The summed E-state index contributed by atoms with van der Waals surface area (Å²) in [6.07, 6.45) is 0. The van der Waals surface area contributed by atoms with E-state index in [1.54, 1.807) is 6.92 Å². The van der Waals surface area contributed by atoms with Crippen molar-refractivity contribution in [3.8, 4) is 0 Å². The van der Waals surface area contributed by atoms with Crippen molar-refractivity contribution in [1.82, 2.24) is 4.23 Å². The normalized spacial score (nSPS) is 10.7.